The average molecular weight is 610 g/mol. The number of thioether (sulfide) groups is 2. The van der Waals surface area contributed by atoms with Crippen LogP contribution in [0.15, 0.2) is 79.9 Å². The largest absolute Gasteiger partial charge is 0.493 e. The summed E-state index contributed by atoms with van der Waals surface area (Å²) in [5, 5.41) is 16.8. The Morgan fingerprint density at radius 1 is 1.24 bits per heavy atom. The molecule has 3 aromatic rings. The first-order chi connectivity index (χ1) is 18.4. The van der Waals surface area contributed by atoms with E-state index in [-0.39, 0.29) is 18.4 Å². The molecule has 1 heterocycles. The Labute approximate surface area is 236 Å². The van der Waals surface area contributed by atoms with Crippen LogP contribution < -0.4 is 20.1 Å². The van der Waals surface area contributed by atoms with Crippen LogP contribution >= 0.6 is 39.5 Å². The maximum absolute atomic E-state index is 12.5. The maximum atomic E-state index is 12.5. The van der Waals surface area contributed by atoms with Crippen LogP contribution in [-0.2, 0) is 9.59 Å². The van der Waals surface area contributed by atoms with Crippen molar-refractivity contribution in [2.45, 2.75) is 11.8 Å². The van der Waals surface area contributed by atoms with Gasteiger partial charge in [-0.15, -0.1) is 0 Å². The molecule has 4 rings (SSSR count). The van der Waals surface area contributed by atoms with Crippen molar-refractivity contribution in [2.75, 3.05) is 19.0 Å². The van der Waals surface area contributed by atoms with Crippen LogP contribution in [0, 0.1) is 17.6 Å². The van der Waals surface area contributed by atoms with E-state index in [1.807, 2.05) is 36.6 Å². The Morgan fingerprint density at radius 2 is 2.00 bits per heavy atom. The van der Waals surface area contributed by atoms with Gasteiger partial charge in [0.05, 0.1) is 22.2 Å². The van der Waals surface area contributed by atoms with E-state index in [0.717, 1.165) is 27.9 Å². The van der Waals surface area contributed by atoms with Gasteiger partial charge in [0.15, 0.2) is 23.3 Å². The highest BCUT2D eigenvalue weighted by Gasteiger charge is 2.24. The van der Waals surface area contributed by atoms with Gasteiger partial charge in [-0.2, -0.15) is 5.26 Å². The number of hydrogen-bond acceptors (Lipinski definition) is 8. The molecule has 0 aliphatic carbocycles. The van der Waals surface area contributed by atoms with Gasteiger partial charge in [0.1, 0.15) is 5.40 Å². The van der Waals surface area contributed by atoms with Gasteiger partial charge in [0.25, 0.3) is 11.8 Å². The minimum atomic E-state index is -0.302. The summed E-state index contributed by atoms with van der Waals surface area (Å²) < 4.78 is 11.8. The number of nitrogens with one attached hydrogen (secondary N) is 2. The molecule has 0 spiro atoms. The molecular formula is C27H21BrN4O4S2. The lowest BCUT2D eigenvalue weighted by Crippen LogP contribution is -2.21. The Balaban J connectivity index is 1.45. The lowest BCUT2D eigenvalue weighted by Gasteiger charge is -2.14. The number of methoxy groups -OCH3 is 1. The first-order valence-corrected chi connectivity index (χ1v) is 13.6. The van der Waals surface area contributed by atoms with E-state index >= 15 is 0 Å². The summed E-state index contributed by atoms with van der Waals surface area (Å²) in [4.78, 5) is 30.7. The smallest absolute Gasteiger partial charge is 0.264 e. The monoisotopic (exact) mass is 608 g/mol. The highest BCUT2D eigenvalue weighted by atomic mass is 79.9. The second kappa shape index (κ2) is 12.7. The number of thiocyanates is 1. The van der Waals surface area contributed by atoms with Crippen LogP contribution in [0.2, 0.25) is 0 Å². The van der Waals surface area contributed by atoms with Crippen LogP contribution in [0.4, 0.5) is 11.4 Å². The molecule has 11 heteroatoms. The van der Waals surface area contributed by atoms with Gasteiger partial charge in [-0.3, -0.25) is 9.59 Å². The first kappa shape index (κ1) is 27.3. The van der Waals surface area contributed by atoms with Gasteiger partial charge in [-0.25, -0.2) is 4.99 Å². The predicted molar refractivity (Wildman–Crippen MR) is 155 cm³/mol. The summed E-state index contributed by atoms with van der Waals surface area (Å²) in [7, 11) is 1.50. The number of amidine groups is 1. The molecule has 0 saturated carbocycles. The Kier molecular flexibility index (Phi) is 9.12. The number of rotatable bonds is 8. The van der Waals surface area contributed by atoms with Gasteiger partial charge >= 0.3 is 0 Å². The number of carbonyl (C=O) groups is 2. The van der Waals surface area contributed by atoms with Crippen molar-refractivity contribution in [3.8, 4) is 16.9 Å². The average Bonchev–Trinajstić information content (AvgIpc) is 3.23. The third-order valence-corrected chi connectivity index (χ3v) is 7.30. The molecule has 0 radical (unpaired) electrons. The van der Waals surface area contributed by atoms with E-state index in [1.165, 1.54) is 18.9 Å². The van der Waals surface area contributed by atoms with E-state index < -0.39 is 0 Å². The second-order valence-corrected chi connectivity index (χ2v) is 10.6. The van der Waals surface area contributed by atoms with Gasteiger partial charge in [0, 0.05) is 10.6 Å². The quantitative estimate of drug-likeness (QED) is 0.176. The van der Waals surface area contributed by atoms with Crippen LogP contribution in [0.5, 0.6) is 11.5 Å². The topological polar surface area (TPSA) is 113 Å². The fourth-order valence-electron chi connectivity index (χ4n) is 3.39. The number of nitrogens with zero attached hydrogens (tertiary/aromatic N) is 2. The van der Waals surface area contributed by atoms with E-state index in [9.17, 15) is 9.59 Å². The SMILES string of the molecule is COc1cc(/C=C2\SC(=Nc3ccc(SC#N)cc3)NC2=O)cc(Br)c1OCC(=O)Nc1ccccc1C. The van der Waals surface area contributed by atoms with Gasteiger partial charge in [0.2, 0.25) is 0 Å². The molecule has 0 unspecified atom stereocenters. The summed E-state index contributed by atoms with van der Waals surface area (Å²) in [6, 6.07) is 18.1. The number of ether oxygens (including phenoxy) is 2. The molecule has 2 N–H and O–H groups in total. The molecule has 3 aromatic carbocycles. The fraction of sp³-hybridized carbons (Fsp3) is 0.111. The predicted octanol–water partition coefficient (Wildman–Crippen LogP) is 6.25. The molecule has 2 amide bonds. The highest BCUT2D eigenvalue weighted by molar-refractivity contribution is 9.10. The Bertz CT molecular complexity index is 1480. The summed E-state index contributed by atoms with van der Waals surface area (Å²) in [6.45, 7) is 1.70. The standard InChI is InChI=1S/C27H21BrN4O4S2/c1-16-5-3-4-6-21(16)31-24(33)14-36-25-20(28)11-17(12-22(25)35-2)13-23-26(34)32-27(38-23)30-18-7-9-19(10-8-18)37-15-29/h3-13H,14H2,1-2H3,(H,31,33)(H,30,32,34)/b23-13-. The summed E-state index contributed by atoms with van der Waals surface area (Å²) in [6.07, 6.45) is 1.72. The first-order valence-electron chi connectivity index (χ1n) is 11.2. The molecule has 1 aliphatic heterocycles. The number of halogens is 1. The summed E-state index contributed by atoms with van der Waals surface area (Å²) >= 11 is 5.77. The number of anilines is 1. The van der Waals surface area contributed by atoms with Crippen molar-refractivity contribution in [2.24, 2.45) is 4.99 Å². The lowest BCUT2D eigenvalue weighted by atomic mass is 10.2. The van der Waals surface area contributed by atoms with Crippen molar-refractivity contribution < 1.29 is 19.1 Å². The summed E-state index contributed by atoms with van der Waals surface area (Å²) in [5.41, 5.74) is 3.03. The number of carbonyl (C=O) groups excluding carboxylic acids is 2. The molecule has 0 atom stereocenters. The molecule has 192 valence electrons. The van der Waals surface area contributed by atoms with Crippen molar-refractivity contribution in [1.82, 2.24) is 5.32 Å². The molecule has 1 fully saturated rings. The number of hydrogen-bond donors (Lipinski definition) is 2. The molecule has 0 aromatic heterocycles. The van der Waals surface area contributed by atoms with Crippen LogP contribution in [0.25, 0.3) is 6.08 Å². The van der Waals surface area contributed by atoms with E-state index in [2.05, 4.69) is 31.6 Å². The van der Waals surface area contributed by atoms with Crippen LogP contribution in [0.3, 0.4) is 0 Å². The van der Waals surface area contributed by atoms with Crippen molar-refractivity contribution in [3.63, 3.8) is 0 Å². The van der Waals surface area contributed by atoms with Crippen molar-refractivity contribution >= 4 is 73.9 Å². The molecule has 1 aliphatic rings. The highest BCUT2D eigenvalue weighted by Crippen LogP contribution is 2.38. The van der Waals surface area contributed by atoms with E-state index in [0.29, 0.717) is 37.3 Å². The lowest BCUT2D eigenvalue weighted by molar-refractivity contribution is -0.118. The number of aryl methyl sites for hydroxylation is 1. The molecule has 38 heavy (non-hydrogen) atoms. The zero-order chi connectivity index (χ0) is 27.1. The fourth-order valence-corrected chi connectivity index (χ4v) is 5.18. The third kappa shape index (κ3) is 6.98. The summed E-state index contributed by atoms with van der Waals surface area (Å²) in [5.74, 6) is 0.207. The van der Waals surface area contributed by atoms with Crippen molar-refractivity contribution in [3.05, 3.63) is 81.2 Å². The minimum absolute atomic E-state index is 0.210. The number of amides is 2. The minimum Gasteiger partial charge on any atom is -0.493 e. The number of benzene rings is 3. The normalized spacial score (nSPS) is 14.7. The van der Waals surface area contributed by atoms with E-state index in [1.54, 1.807) is 42.5 Å². The zero-order valence-corrected chi connectivity index (χ0v) is 23.5. The van der Waals surface area contributed by atoms with Gasteiger partial charge in [-0.05, 0) is 106 Å². The van der Waals surface area contributed by atoms with Crippen molar-refractivity contribution in [1.29, 1.82) is 5.26 Å². The van der Waals surface area contributed by atoms with Gasteiger partial charge in [-0.1, -0.05) is 18.2 Å². The third-order valence-electron chi connectivity index (χ3n) is 5.20. The Morgan fingerprint density at radius 3 is 2.71 bits per heavy atom. The molecule has 0 bridgehead atoms. The molecule has 1 saturated heterocycles. The molecule has 8 nitrogen and oxygen atoms in total. The van der Waals surface area contributed by atoms with E-state index in [4.69, 9.17) is 14.7 Å². The number of para-hydroxylation sites is 1. The second-order valence-electron chi connectivity index (χ2n) is 7.85. The zero-order valence-electron chi connectivity index (χ0n) is 20.3. The maximum Gasteiger partial charge on any atom is 0.264 e. The number of aliphatic imine (C=N–C) groups is 1. The van der Waals surface area contributed by atoms with Crippen LogP contribution in [-0.4, -0.2) is 30.7 Å². The molecular weight excluding hydrogens is 588 g/mol. The van der Waals surface area contributed by atoms with Gasteiger partial charge < -0.3 is 20.1 Å². The Hall–Kier alpha value is -3.72. The van der Waals surface area contributed by atoms with Crippen LogP contribution in [0.1, 0.15) is 11.1 Å². The number of nitriles is 1.